The number of amides is 2. The first-order valence-electron chi connectivity index (χ1n) is 18.2. The van der Waals surface area contributed by atoms with Crippen molar-refractivity contribution in [2.75, 3.05) is 36.3 Å². The van der Waals surface area contributed by atoms with Crippen LogP contribution in [0.25, 0.3) is 22.3 Å². The molecule has 6 aromatic carbocycles. The number of anilines is 4. The smallest absolute Gasteiger partial charge is 0.255 e. The SMILES string of the molecule is C.COc1cc(Cc2cnc(N)nc2N)cc(-c2cccc(NC(=O)c3ccc(C)cc3)c2)c1OC.Cc1ccc(C(=O)Nc2cccc(-c3ccccc3)c2)cc1. The Morgan fingerprint density at radius 1 is 0.621 bits per heavy atom. The number of hydrogen-bond acceptors (Lipinski definition) is 8. The molecule has 0 saturated heterocycles. The van der Waals surface area contributed by atoms with Crippen molar-refractivity contribution in [1.29, 1.82) is 0 Å². The maximum absolute atomic E-state index is 12.7. The fourth-order valence-corrected chi connectivity index (χ4v) is 6.12. The number of aryl methyl sites for hydroxylation is 2. The Balaban J connectivity index is 0.000000240. The highest BCUT2D eigenvalue weighted by molar-refractivity contribution is 6.05. The second-order valence-corrected chi connectivity index (χ2v) is 13.4. The number of nitrogens with two attached hydrogens (primary N) is 2. The summed E-state index contributed by atoms with van der Waals surface area (Å²) in [6.45, 7) is 3.99. The van der Waals surface area contributed by atoms with Crippen LogP contribution < -0.4 is 31.6 Å². The summed E-state index contributed by atoms with van der Waals surface area (Å²) in [5.41, 5.74) is 22.2. The molecule has 10 nitrogen and oxygen atoms in total. The highest BCUT2D eigenvalue weighted by Crippen LogP contribution is 2.40. The average molecular weight is 773 g/mol. The van der Waals surface area contributed by atoms with Crippen molar-refractivity contribution < 1.29 is 19.1 Å². The first-order chi connectivity index (χ1) is 27.6. The topological polar surface area (TPSA) is 154 Å². The van der Waals surface area contributed by atoms with Crippen molar-refractivity contribution >= 4 is 35.0 Å². The van der Waals surface area contributed by atoms with Crippen molar-refractivity contribution in [2.24, 2.45) is 0 Å². The number of nitrogens with one attached hydrogen (secondary N) is 2. The Bertz CT molecular complexity index is 2490. The van der Waals surface area contributed by atoms with Gasteiger partial charge in [-0.25, -0.2) is 4.98 Å². The summed E-state index contributed by atoms with van der Waals surface area (Å²) in [6.07, 6.45) is 2.10. The molecule has 7 rings (SSSR count). The van der Waals surface area contributed by atoms with Gasteiger partial charge in [-0.05, 0) is 96.8 Å². The zero-order valence-electron chi connectivity index (χ0n) is 32.2. The number of benzene rings is 6. The Labute approximate surface area is 339 Å². The molecule has 0 bridgehead atoms. The lowest BCUT2D eigenvalue weighted by Gasteiger charge is -2.16. The maximum Gasteiger partial charge on any atom is 0.255 e. The van der Waals surface area contributed by atoms with Crippen molar-refractivity contribution in [1.82, 2.24) is 9.97 Å². The van der Waals surface area contributed by atoms with Crippen LogP contribution in [-0.2, 0) is 6.42 Å². The number of nitrogens with zero attached hydrogens (tertiary/aromatic N) is 2. The molecule has 1 aromatic heterocycles. The van der Waals surface area contributed by atoms with Crippen LogP contribution in [0.3, 0.4) is 0 Å². The molecular formula is C48H48N6O4. The summed E-state index contributed by atoms with van der Waals surface area (Å²) in [4.78, 5) is 33.1. The average Bonchev–Trinajstić information content (AvgIpc) is 3.22. The molecule has 0 aliphatic carbocycles. The maximum atomic E-state index is 12.7. The van der Waals surface area contributed by atoms with E-state index in [0.29, 0.717) is 40.6 Å². The van der Waals surface area contributed by atoms with Gasteiger partial charge in [0.15, 0.2) is 11.5 Å². The first-order valence-corrected chi connectivity index (χ1v) is 18.2. The highest BCUT2D eigenvalue weighted by Gasteiger charge is 2.17. The molecule has 0 aliphatic rings. The van der Waals surface area contributed by atoms with Gasteiger partial charge in [-0.3, -0.25) is 9.59 Å². The summed E-state index contributed by atoms with van der Waals surface area (Å²) >= 11 is 0. The van der Waals surface area contributed by atoms with Crippen molar-refractivity contribution in [2.45, 2.75) is 27.7 Å². The third-order valence-corrected chi connectivity index (χ3v) is 9.14. The molecule has 0 aliphatic heterocycles. The predicted molar refractivity (Wildman–Crippen MR) is 236 cm³/mol. The number of ether oxygens (including phenoxy) is 2. The van der Waals surface area contributed by atoms with E-state index in [-0.39, 0.29) is 25.2 Å². The van der Waals surface area contributed by atoms with Crippen molar-refractivity contribution in [3.8, 4) is 33.8 Å². The van der Waals surface area contributed by atoms with Gasteiger partial charge in [0.2, 0.25) is 5.95 Å². The van der Waals surface area contributed by atoms with Crippen LogP contribution in [-0.4, -0.2) is 36.0 Å². The zero-order valence-corrected chi connectivity index (χ0v) is 32.2. The van der Waals surface area contributed by atoms with E-state index in [1.54, 1.807) is 32.5 Å². The lowest BCUT2D eigenvalue weighted by atomic mass is 9.97. The van der Waals surface area contributed by atoms with E-state index in [1.807, 2.05) is 129 Å². The molecule has 58 heavy (non-hydrogen) atoms. The van der Waals surface area contributed by atoms with E-state index in [9.17, 15) is 9.59 Å². The molecule has 0 fully saturated rings. The fourth-order valence-electron chi connectivity index (χ4n) is 6.12. The number of carbonyl (C=O) groups is 2. The Hall–Kier alpha value is -7.46. The molecule has 2 amide bonds. The molecule has 6 N–H and O–H groups in total. The second-order valence-electron chi connectivity index (χ2n) is 13.4. The molecule has 0 atom stereocenters. The van der Waals surface area contributed by atoms with Gasteiger partial charge in [0.1, 0.15) is 5.82 Å². The van der Waals surface area contributed by atoms with Gasteiger partial charge in [0.05, 0.1) is 14.2 Å². The van der Waals surface area contributed by atoms with E-state index < -0.39 is 0 Å². The minimum Gasteiger partial charge on any atom is -0.493 e. The number of hydrogen-bond donors (Lipinski definition) is 4. The number of aromatic nitrogens is 2. The summed E-state index contributed by atoms with van der Waals surface area (Å²) in [7, 11) is 3.18. The minimum absolute atomic E-state index is 0. The summed E-state index contributed by atoms with van der Waals surface area (Å²) in [6, 6.07) is 44.4. The van der Waals surface area contributed by atoms with Crippen LogP contribution in [0.2, 0.25) is 0 Å². The van der Waals surface area contributed by atoms with Gasteiger partial charge in [0.25, 0.3) is 11.8 Å². The van der Waals surface area contributed by atoms with Crippen molar-refractivity contribution in [3.05, 3.63) is 179 Å². The molecule has 294 valence electrons. The third-order valence-electron chi connectivity index (χ3n) is 9.14. The fraction of sp³-hybridized carbons (Fsp3) is 0.125. The molecule has 0 unspecified atom stereocenters. The summed E-state index contributed by atoms with van der Waals surface area (Å²) in [5, 5.41) is 5.91. The van der Waals surface area contributed by atoms with Gasteiger partial charge in [-0.1, -0.05) is 97.4 Å². The summed E-state index contributed by atoms with van der Waals surface area (Å²) in [5.74, 6) is 1.34. The second kappa shape index (κ2) is 19.4. The molecule has 0 spiro atoms. The molecule has 7 aromatic rings. The Morgan fingerprint density at radius 2 is 1.16 bits per heavy atom. The lowest BCUT2D eigenvalue weighted by Crippen LogP contribution is -2.11. The lowest BCUT2D eigenvalue weighted by molar-refractivity contribution is 0.101. The van der Waals surface area contributed by atoms with Crippen molar-refractivity contribution in [3.63, 3.8) is 0 Å². The van der Waals surface area contributed by atoms with Crippen LogP contribution in [0.1, 0.15) is 50.4 Å². The largest absolute Gasteiger partial charge is 0.493 e. The number of nitrogen functional groups attached to an aromatic ring is 2. The standard InChI is InChI=1S/C27H27N5O3.C20H17NO.CH4/c1-16-7-9-18(10-8-16)26(33)31-21-6-4-5-19(14-21)22-12-17(13-23(34-2)24(22)35-3)11-20-15-30-27(29)32-25(20)28;1-15-10-12-17(13-11-15)20(22)21-19-9-5-8-18(14-19)16-6-3-2-4-7-16;/h4-10,12-15H,11H2,1-3H3,(H,31,33)(H4,28,29,30,32);2-14H,1H3,(H,21,22);1H4. The monoisotopic (exact) mass is 772 g/mol. The molecule has 0 radical (unpaired) electrons. The Kier molecular flexibility index (Phi) is 14.0. The van der Waals surface area contributed by atoms with Gasteiger partial charge < -0.3 is 31.6 Å². The quantitative estimate of drug-likeness (QED) is 0.107. The van der Waals surface area contributed by atoms with Crippen LogP contribution >= 0.6 is 0 Å². The molecule has 1 heterocycles. The van der Waals surface area contributed by atoms with E-state index >= 15 is 0 Å². The first kappa shape index (κ1) is 41.7. The number of methoxy groups -OCH3 is 2. The van der Waals surface area contributed by atoms with Crippen LogP contribution in [0.5, 0.6) is 11.5 Å². The minimum atomic E-state index is -0.181. The molecular weight excluding hydrogens is 725 g/mol. The van der Waals surface area contributed by atoms with Crippen LogP contribution in [0.15, 0.2) is 146 Å². The molecule has 10 heteroatoms. The predicted octanol–water partition coefficient (Wildman–Crippen LogP) is 10.0. The number of rotatable bonds is 10. The molecule has 0 saturated carbocycles. The summed E-state index contributed by atoms with van der Waals surface area (Å²) < 4.78 is 11.3. The van der Waals surface area contributed by atoms with E-state index in [1.165, 1.54) is 0 Å². The Morgan fingerprint density at radius 3 is 1.69 bits per heavy atom. The van der Waals surface area contributed by atoms with Gasteiger partial charge in [-0.2, -0.15) is 4.98 Å². The van der Waals surface area contributed by atoms with E-state index in [4.69, 9.17) is 20.9 Å². The normalized spacial score (nSPS) is 10.3. The van der Waals surface area contributed by atoms with Gasteiger partial charge in [-0.15, -0.1) is 0 Å². The highest BCUT2D eigenvalue weighted by atomic mass is 16.5. The van der Waals surface area contributed by atoms with Gasteiger partial charge in [0, 0.05) is 46.2 Å². The number of carbonyl (C=O) groups excluding carboxylic acids is 2. The van der Waals surface area contributed by atoms with E-state index in [0.717, 1.165) is 50.2 Å². The van der Waals surface area contributed by atoms with Gasteiger partial charge >= 0.3 is 0 Å². The van der Waals surface area contributed by atoms with Crippen LogP contribution in [0.4, 0.5) is 23.1 Å². The van der Waals surface area contributed by atoms with E-state index in [2.05, 4.69) is 32.7 Å². The van der Waals surface area contributed by atoms with Crippen LogP contribution in [0, 0.1) is 13.8 Å². The zero-order chi connectivity index (χ0) is 40.3. The third kappa shape index (κ3) is 10.6.